The Morgan fingerprint density at radius 2 is 0.504 bits per heavy atom. The van der Waals surface area contributed by atoms with Crippen molar-refractivity contribution in [1.82, 2.24) is 13.7 Å². The van der Waals surface area contributed by atoms with Gasteiger partial charge in [-0.3, -0.25) is 0 Å². The Hall–Kier alpha value is -16.4. The number of benzene rings is 22. The maximum atomic E-state index is 15.8. The van der Waals surface area contributed by atoms with Crippen LogP contribution in [-0.4, -0.2) is 13.7 Å². The highest BCUT2D eigenvalue weighted by molar-refractivity contribution is 7.88. The number of aromatic nitrogens is 3. The van der Waals surface area contributed by atoms with Crippen molar-refractivity contribution in [2.45, 2.75) is 0 Å². The third-order valence-corrected chi connectivity index (χ3v) is 37.8. The number of hydrogen-bond donors (Lipinski definition) is 0. The van der Waals surface area contributed by atoms with Gasteiger partial charge in [0.25, 0.3) is 0 Å². The molecule has 0 radical (unpaired) electrons. The smallest absolute Gasteiger partial charge is 0.172 e. The molecule has 0 aliphatic carbocycles. The summed E-state index contributed by atoms with van der Waals surface area (Å²) >= 11 is 0. The quantitative estimate of drug-likeness (QED) is 0.106. The summed E-state index contributed by atoms with van der Waals surface area (Å²) in [6.07, 6.45) is 0. The molecule has 3 aliphatic heterocycles. The molecule has 29 rings (SSSR count). The van der Waals surface area contributed by atoms with E-state index in [4.69, 9.17) is 4.42 Å². The highest BCUT2D eigenvalue weighted by Gasteiger charge is 2.46. The standard InChI is InChI=1S/C50H33N2OP.C38H24NOP.C36H22NO2P/c53-54(42-16-2-1-3-17-42)48-21-11-9-18-43(48)44-30-31-47-49(50(44)54)45-19-8-10-20-46(45)52(47)39-28-26-38(27-29-39)51(40-24-22-34-12-4-6-14-36(34)32-40)41-25-23-35-13-5-7-15-37(35)33-41;40-41(30-12-2-1-3-13-30)36-17-9-7-14-31(36)32-20-21-35-37(38(32)41)33-15-6-8-16-34(33)39(35)29-19-18-27-22-25-10-4-5-11-26(25)23-28(27)24-29;38-40(24-10-2-1-3-11-24)34-17-9-6-13-26(34)27-19-20-31-35(36(27)40)28-14-4-7-15-30(28)37(31)23-18-21-33-29(22-23)25-12-5-8-16-32(25)39-33/h1-33H;1-24H;1-22H. The maximum Gasteiger partial charge on any atom is 0.172 e. The molecular weight excluding hydrogens is 1700 g/mol. The van der Waals surface area contributed by atoms with Crippen LogP contribution in [0, 0.1) is 0 Å². The molecule has 3 aliphatic rings. The minimum absolute atomic E-state index is 0.868. The molecule has 0 amide bonds. The molecule has 3 atom stereocenters. The highest BCUT2D eigenvalue weighted by atomic mass is 31.2. The van der Waals surface area contributed by atoms with Crippen molar-refractivity contribution in [3.8, 4) is 50.4 Å². The molecule has 0 spiro atoms. The van der Waals surface area contributed by atoms with Crippen molar-refractivity contribution in [2.75, 3.05) is 4.90 Å². The molecule has 634 valence electrons. The second-order valence-electron chi connectivity index (χ2n) is 35.4. The van der Waals surface area contributed by atoms with E-state index in [2.05, 4.69) is 358 Å². The van der Waals surface area contributed by atoms with Crippen LogP contribution in [0.2, 0.25) is 0 Å². The van der Waals surface area contributed by atoms with Gasteiger partial charge in [0.05, 0.1) is 33.1 Å². The number of anilines is 3. The largest absolute Gasteiger partial charge is 0.456 e. The van der Waals surface area contributed by atoms with E-state index in [0.29, 0.717) is 0 Å². The van der Waals surface area contributed by atoms with Gasteiger partial charge in [-0.2, -0.15) is 0 Å². The van der Waals surface area contributed by atoms with Gasteiger partial charge in [-0.1, -0.05) is 346 Å². The van der Waals surface area contributed by atoms with Crippen LogP contribution in [0.15, 0.2) is 484 Å². The summed E-state index contributed by atoms with van der Waals surface area (Å²) in [4.78, 5) is 2.34. The number of fused-ring (bicyclic) bond motifs is 28. The predicted octanol–water partition coefficient (Wildman–Crippen LogP) is 29.2. The lowest BCUT2D eigenvalue weighted by atomic mass is 10.0. The first-order valence-electron chi connectivity index (χ1n) is 45.8. The molecule has 0 saturated carbocycles. The van der Waals surface area contributed by atoms with Gasteiger partial charge in [0.1, 0.15) is 11.2 Å². The lowest BCUT2D eigenvalue weighted by Crippen LogP contribution is -2.21. The number of furan rings is 1. The molecule has 4 aromatic heterocycles. The van der Waals surface area contributed by atoms with Crippen LogP contribution in [0.3, 0.4) is 0 Å². The molecule has 0 N–H and O–H groups in total. The van der Waals surface area contributed by atoms with Gasteiger partial charge in [-0.05, 0) is 210 Å². The van der Waals surface area contributed by atoms with Crippen molar-refractivity contribution in [3.63, 3.8) is 0 Å². The highest BCUT2D eigenvalue weighted by Crippen LogP contribution is 2.59. The summed E-state index contributed by atoms with van der Waals surface area (Å²) in [5.74, 6) is 0. The van der Waals surface area contributed by atoms with E-state index in [1.54, 1.807) is 0 Å². The fourth-order valence-electron chi connectivity index (χ4n) is 22.4. The van der Waals surface area contributed by atoms with E-state index >= 15 is 13.7 Å². The fourth-order valence-corrected chi connectivity index (χ4v) is 32.2. The summed E-state index contributed by atoms with van der Waals surface area (Å²) in [6.45, 7) is 0. The van der Waals surface area contributed by atoms with E-state index in [1.807, 2.05) is 140 Å². The predicted molar refractivity (Wildman–Crippen MR) is 569 cm³/mol. The Balaban J connectivity index is 0.000000104. The molecule has 8 nitrogen and oxygen atoms in total. The average Bonchev–Trinajstić information content (AvgIpc) is 1.53. The van der Waals surface area contributed by atoms with E-state index in [-0.39, 0.29) is 0 Å². The summed E-state index contributed by atoms with van der Waals surface area (Å²) in [6, 6.07) is 167. The van der Waals surface area contributed by atoms with Gasteiger partial charge in [0, 0.05) is 125 Å². The minimum Gasteiger partial charge on any atom is -0.456 e. The molecule has 3 unspecified atom stereocenters. The monoisotopic (exact) mass is 1780 g/mol. The van der Waals surface area contributed by atoms with Crippen molar-refractivity contribution in [3.05, 3.63) is 479 Å². The van der Waals surface area contributed by atoms with Crippen LogP contribution in [-0.2, 0) is 13.7 Å². The van der Waals surface area contributed by atoms with Crippen molar-refractivity contribution in [1.29, 1.82) is 0 Å². The third kappa shape index (κ3) is 11.8. The van der Waals surface area contributed by atoms with Gasteiger partial charge < -0.3 is 36.7 Å². The minimum atomic E-state index is -3.17. The number of para-hydroxylation sites is 4. The Morgan fingerprint density at radius 3 is 0.948 bits per heavy atom. The second kappa shape index (κ2) is 30.6. The lowest BCUT2D eigenvalue weighted by molar-refractivity contribution is 0.592. The third-order valence-electron chi connectivity index (χ3n) is 28.3. The lowest BCUT2D eigenvalue weighted by Gasteiger charge is -2.26. The Morgan fingerprint density at radius 1 is 0.193 bits per heavy atom. The molecule has 26 aromatic rings. The van der Waals surface area contributed by atoms with E-state index in [9.17, 15) is 0 Å². The fraction of sp³-hybridized carbons (Fsp3) is 0. The van der Waals surface area contributed by atoms with Gasteiger partial charge in [0.2, 0.25) is 0 Å². The number of rotatable bonds is 9. The summed E-state index contributed by atoms with van der Waals surface area (Å²) < 4.78 is 60.0. The van der Waals surface area contributed by atoms with Crippen molar-refractivity contribution in [2.24, 2.45) is 0 Å². The van der Waals surface area contributed by atoms with E-state index in [0.717, 1.165) is 203 Å². The maximum absolute atomic E-state index is 15.8. The van der Waals surface area contributed by atoms with Gasteiger partial charge in [-0.25, -0.2) is 0 Å². The SMILES string of the molecule is O=P1(c2ccccc2)c2ccccc2-c2ccc3c(c21)c1ccccc1n3-c1ccc(N(c2ccc3ccccc3c2)c2ccc3ccccc3c2)cc1.O=P1(c2ccccc2)c2ccccc2-c2ccc3c(c21)c1ccccc1n3-c1ccc2cc3ccccc3cc2c1.O=P1(c2ccccc2)c2ccccc2-c2ccc3c(c21)c1ccccc1n3-c1ccc2oc3ccccc3c2c1. The van der Waals surface area contributed by atoms with Crippen molar-refractivity contribution < 1.29 is 18.1 Å². The first-order chi connectivity index (χ1) is 66.6. The molecule has 0 bridgehead atoms. The van der Waals surface area contributed by atoms with Crippen LogP contribution in [0.5, 0.6) is 0 Å². The van der Waals surface area contributed by atoms with Gasteiger partial charge >= 0.3 is 0 Å². The number of hydrogen-bond acceptors (Lipinski definition) is 5. The Kier molecular flexibility index (Phi) is 17.8. The number of nitrogens with zero attached hydrogens (tertiary/aromatic N) is 4. The van der Waals surface area contributed by atoms with Gasteiger partial charge in [-0.15, -0.1) is 0 Å². The normalized spacial score (nSPS) is 15.6. The molecule has 22 aromatic carbocycles. The Bertz CT molecular complexity index is 9570. The first kappa shape index (κ1) is 78.4. The van der Waals surface area contributed by atoms with Crippen LogP contribution >= 0.6 is 21.4 Å². The zero-order valence-corrected chi connectivity index (χ0v) is 75.6. The van der Waals surface area contributed by atoms with E-state index in [1.165, 1.54) is 43.1 Å². The van der Waals surface area contributed by atoms with E-state index < -0.39 is 21.4 Å². The molecule has 0 saturated heterocycles. The van der Waals surface area contributed by atoms with Crippen LogP contribution in [0.1, 0.15) is 0 Å². The molecule has 11 heteroatoms. The average molecular weight is 1780 g/mol. The summed E-state index contributed by atoms with van der Waals surface area (Å²) in [7, 11) is -9.41. The Labute approximate surface area is 777 Å². The van der Waals surface area contributed by atoms with Crippen molar-refractivity contribution >= 4 is 217 Å². The topological polar surface area (TPSA) is 82.4 Å². The molecular formula is C124H79N4O4P3. The van der Waals surface area contributed by atoms with Crippen LogP contribution < -0.4 is 52.6 Å². The molecule has 135 heavy (non-hydrogen) atoms. The van der Waals surface area contributed by atoms with Gasteiger partial charge in [0.15, 0.2) is 21.4 Å². The zero-order chi connectivity index (χ0) is 89.4. The molecule has 0 fully saturated rings. The summed E-state index contributed by atoms with van der Waals surface area (Å²) in [5, 5.41) is 26.7. The van der Waals surface area contributed by atoms with Crippen LogP contribution in [0.4, 0.5) is 17.1 Å². The summed E-state index contributed by atoms with van der Waals surface area (Å²) in [5.41, 5.74) is 21.1. The molecule has 7 heterocycles. The first-order valence-corrected chi connectivity index (χ1v) is 50.9. The second-order valence-corrected chi connectivity index (χ2v) is 43.4. The zero-order valence-electron chi connectivity index (χ0n) is 72.9. The van der Waals surface area contributed by atoms with Crippen LogP contribution in [0.25, 0.3) is 181 Å².